The molecule has 0 aromatic heterocycles. The van der Waals surface area contributed by atoms with E-state index in [2.05, 4.69) is 15.8 Å². The predicted octanol–water partition coefficient (Wildman–Crippen LogP) is 4.51. The quantitative estimate of drug-likeness (QED) is 0.272. The number of rotatable bonds is 6. The molecule has 4 rings (SSSR count). The minimum atomic E-state index is -0.856. The number of nitrogens with one attached hydrogen (secondary N) is 2. The largest absolute Gasteiger partial charge is 0.489 e. The van der Waals surface area contributed by atoms with E-state index in [1.54, 1.807) is 12.1 Å². The van der Waals surface area contributed by atoms with Crippen LogP contribution in [0.3, 0.4) is 0 Å². The Balaban J connectivity index is 1.33. The molecule has 32 heavy (non-hydrogen) atoms. The van der Waals surface area contributed by atoms with Crippen LogP contribution in [0.25, 0.3) is 10.8 Å². The number of hydrazone groups is 1. The van der Waals surface area contributed by atoms with Gasteiger partial charge in [0.2, 0.25) is 0 Å². The standard InChI is InChI=1S/C26H21N3O3/c30-25(28-24-15-7-12-21-11-4-5-14-23(21)24)26(31)29-27-17-20-10-6-13-22(16-20)32-18-19-8-2-1-3-9-19/h1-17H,18H2,(H,28,30)(H,29,31)/b27-17-. The molecule has 0 atom stereocenters. The van der Waals surface area contributed by atoms with Crippen LogP contribution >= 0.6 is 0 Å². The molecular formula is C26H21N3O3. The van der Waals surface area contributed by atoms with E-state index in [4.69, 9.17) is 4.74 Å². The number of ether oxygens (including phenoxy) is 1. The molecule has 6 nitrogen and oxygen atoms in total. The Morgan fingerprint density at radius 2 is 1.56 bits per heavy atom. The third kappa shape index (κ3) is 5.37. The maximum absolute atomic E-state index is 12.3. The SMILES string of the molecule is O=C(N/N=C\c1cccc(OCc2ccccc2)c1)C(=O)Nc1cccc2ccccc12. The fraction of sp³-hybridized carbons (Fsp3) is 0.0385. The first-order valence-electron chi connectivity index (χ1n) is 10.1. The zero-order chi connectivity index (χ0) is 22.2. The van der Waals surface area contributed by atoms with Crippen molar-refractivity contribution in [2.45, 2.75) is 6.61 Å². The molecule has 0 saturated heterocycles. The van der Waals surface area contributed by atoms with Gasteiger partial charge in [-0.05, 0) is 34.7 Å². The summed E-state index contributed by atoms with van der Waals surface area (Å²) in [6, 6.07) is 30.3. The van der Waals surface area contributed by atoms with Crippen LogP contribution in [0.2, 0.25) is 0 Å². The summed E-state index contributed by atoms with van der Waals surface area (Å²) in [5.74, 6) is -0.970. The minimum Gasteiger partial charge on any atom is -0.489 e. The number of carbonyl (C=O) groups excluding carboxylic acids is 2. The van der Waals surface area contributed by atoms with Crippen molar-refractivity contribution in [2.24, 2.45) is 5.10 Å². The molecule has 4 aromatic carbocycles. The number of carbonyl (C=O) groups is 2. The Morgan fingerprint density at radius 1 is 0.812 bits per heavy atom. The van der Waals surface area contributed by atoms with Crippen LogP contribution in [-0.2, 0) is 16.2 Å². The van der Waals surface area contributed by atoms with Gasteiger partial charge in [-0.1, -0.05) is 78.9 Å². The average Bonchev–Trinajstić information content (AvgIpc) is 2.84. The lowest BCUT2D eigenvalue weighted by atomic mass is 10.1. The number of fused-ring (bicyclic) bond motifs is 1. The van der Waals surface area contributed by atoms with Crippen LogP contribution < -0.4 is 15.5 Å². The lowest BCUT2D eigenvalue weighted by molar-refractivity contribution is -0.136. The molecule has 2 amide bonds. The van der Waals surface area contributed by atoms with Crippen molar-refractivity contribution in [3.63, 3.8) is 0 Å². The zero-order valence-corrected chi connectivity index (χ0v) is 17.2. The maximum atomic E-state index is 12.3. The normalized spacial score (nSPS) is 10.8. The molecule has 0 spiro atoms. The van der Waals surface area contributed by atoms with Crippen molar-refractivity contribution >= 4 is 34.5 Å². The Kier molecular flexibility index (Phi) is 6.53. The van der Waals surface area contributed by atoms with E-state index in [0.29, 0.717) is 18.0 Å². The van der Waals surface area contributed by atoms with Crippen molar-refractivity contribution in [3.8, 4) is 5.75 Å². The van der Waals surface area contributed by atoms with E-state index in [0.717, 1.165) is 21.9 Å². The second-order valence-corrected chi connectivity index (χ2v) is 7.03. The zero-order valence-electron chi connectivity index (χ0n) is 17.2. The van der Waals surface area contributed by atoms with E-state index in [-0.39, 0.29) is 0 Å². The number of hydrogen-bond donors (Lipinski definition) is 2. The van der Waals surface area contributed by atoms with Gasteiger partial charge >= 0.3 is 11.8 Å². The van der Waals surface area contributed by atoms with E-state index in [1.807, 2.05) is 84.9 Å². The molecule has 0 unspecified atom stereocenters. The smallest absolute Gasteiger partial charge is 0.329 e. The predicted molar refractivity (Wildman–Crippen MR) is 126 cm³/mol. The van der Waals surface area contributed by atoms with Crippen molar-refractivity contribution in [1.29, 1.82) is 0 Å². The maximum Gasteiger partial charge on any atom is 0.329 e. The van der Waals surface area contributed by atoms with Crippen LogP contribution in [0.1, 0.15) is 11.1 Å². The van der Waals surface area contributed by atoms with E-state index >= 15 is 0 Å². The van der Waals surface area contributed by atoms with E-state index in [1.165, 1.54) is 6.21 Å². The Bertz CT molecular complexity index is 1260. The summed E-state index contributed by atoms with van der Waals surface area (Å²) in [5.41, 5.74) is 4.61. The highest BCUT2D eigenvalue weighted by atomic mass is 16.5. The van der Waals surface area contributed by atoms with Crippen molar-refractivity contribution < 1.29 is 14.3 Å². The first-order valence-corrected chi connectivity index (χ1v) is 10.1. The van der Waals surface area contributed by atoms with Gasteiger partial charge < -0.3 is 10.1 Å². The summed E-state index contributed by atoms with van der Waals surface area (Å²) in [4.78, 5) is 24.4. The fourth-order valence-corrected chi connectivity index (χ4v) is 3.16. The highest BCUT2D eigenvalue weighted by molar-refractivity contribution is 6.40. The third-order valence-corrected chi connectivity index (χ3v) is 4.73. The van der Waals surface area contributed by atoms with Crippen molar-refractivity contribution in [1.82, 2.24) is 5.43 Å². The van der Waals surface area contributed by atoms with Crippen LogP contribution in [0.15, 0.2) is 102 Å². The molecule has 0 aliphatic heterocycles. The van der Waals surface area contributed by atoms with Gasteiger partial charge in [-0.15, -0.1) is 0 Å². The summed E-state index contributed by atoms with van der Waals surface area (Å²) in [7, 11) is 0. The summed E-state index contributed by atoms with van der Waals surface area (Å²) >= 11 is 0. The average molecular weight is 423 g/mol. The topological polar surface area (TPSA) is 79.8 Å². The fourth-order valence-electron chi connectivity index (χ4n) is 3.16. The summed E-state index contributed by atoms with van der Waals surface area (Å²) in [6.45, 7) is 0.451. The molecule has 0 heterocycles. The second kappa shape index (κ2) is 10.0. The molecule has 158 valence electrons. The molecule has 4 aromatic rings. The van der Waals surface area contributed by atoms with Gasteiger partial charge in [-0.2, -0.15) is 5.10 Å². The van der Waals surface area contributed by atoms with Gasteiger partial charge in [0.25, 0.3) is 0 Å². The van der Waals surface area contributed by atoms with Crippen LogP contribution in [0.5, 0.6) is 5.75 Å². The molecule has 0 bridgehead atoms. The molecule has 0 radical (unpaired) electrons. The molecule has 0 aliphatic carbocycles. The van der Waals surface area contributed by atoms with E-state index in [9.17, 15) is 9.59 Å². The summed E-state index contributed by atoms with van der Waals surface area (Å²) in [6.07, 6.45) is 1.46. The highest BCUT2D eigenvalue weighted by Crippen LogP contribution is 2.22. The minimum absolute atomic E-state index is 0.451. The van der Waals surface area contributed by atoms with Gasteiger partial charge in [0.05, 0.1) is 6.21 Å². The molecule has 6 heteroatoms. The molecular weight excluding hydrogens is 402 g/mol. The van der Waals surface area contributed by atoms with Crippen LogP contribution in [0.4, 0.5) is 5.69 Å². The molecule has 0 saturated carbocycles. The number of hydrogen-bond acceptors (Lipinski definition) is 4. The van der Waals surface area contributed by atoms with Crippen LogP contribution in [0, 0.1) is 0 Å². The Morgan fingerprint density at radius 3 is 2.44 bits per heavy atom. The number of anilines is 1. The van der Waals surface area contributed by atoms with Crippen LogP contribution in [-0.4, -0.2) is 18.0 Å². The lowest BCUT2D eigenvalue weighted by Crippen LogP contribution is -2.32. The van der Waals surface area contributed by atoms with Crippen molar-refractivity contribution in [2.75, 3.05) is 5.32 Å². The Hall–Kier alpha value is -4.45. The summed E-state index contributed by atoms with van der Waals surface area (Å²) in [5, 5.41) is 8.34. The van der Waals surface area contributed by atoms with Gasteiger partial charge in [-0.3, -0.25) is 9.59 Å². The van der Waals surface area contributed by atoms with Gasteiger partial charge in [0.1, 0.15) is 12.4 Å². The van der Waals surface area contributed by atoms with Gasteiger partial charge in [-0.25, -0.2) is 5.43 Å². The first kappa shape index (κ1) is 20.8. The first-order chi connectivity index (χ1) is 15.7. The monoisotopic (exact) mass is 423 g/mol. The lowest BCUT2D eigenvalue weighted by Gasteiger charge is -2.08. The van der Waals surface area contributed by atoms with Gasteiger partial charge in [0.15, 0.2) is 0 Å². The number of benzene rings is 4. The van der Waals surface area contributed by atoms with Crippen molar-refractivity contribution in [3.05, 3.63) is 108 Å². The second-order valence-electron chi connectivity index (χ2n) is 7.03. The Labute approximate surface area is 185 Å². The molecule has 0 aliphatic rings. The van der Waals surface area contributed by atoms with Gasteiger partial charge in [0, 0.05) is 11.1 Å². The summed E-state index contributed by atoms with van der Waals surface area (Å²) < 4.78 is 5.79. The van der Waals surface area contributed by atoms with E-state index < -0.39 is 11.8 Å². The molecule has 2 N–H and O–H groups in total. The highest BCUT2D eigenvalue weighted by Gasteiger charge is 2.14. The number of nitrogens with zero attached hydrogens (tertiary/aromatic N) is 1. The number of amides is 2. The third-order valence-electron chi connectivity index (χ3n) is 4.73. The molecule has 0 fully saturated rings.